The molecule has 7 heteroatoms. The highest BCUT2D eigenvalue weighted by Crippen LogP contribution is 2.30. The first-order chi connectivity index (χ1) is 12.1. The van der Waals surface area contributed by atoms with Gasteiger partial charge in [0.05, 0.1) is 18.9 Å². The molecule has 0 saturated carbocycles. The fourth-order valence-corrected chi connectivity index (χ4v) is 3.70. The van der Waals surface area contributed by atoms with Crippen molar-refractivity contribution < 1.29 is 9.53 Å². The van der Waals surface area contributed by atoms with Crippen LogP contribution in [0.25, 0.3) is 0 Å². The van der Waals surface area contributed by atoms with Crippen molar-refractivity contribution in [3.8, 4) is 0 Å². The van der Waals surface area contributed by atoms with Crippen LogP contribution in [0.3, 0.4) is 0 Å². The van der Waals surface area contributed by atoms with Crippen LogP contribution < -0.4 is 10.2 Å². The molecular weight excluding hydrogens is 336 g/mol. The minimum absolute atomic E-state index is 0.0454. The maximum absolute atomic E-state index is 12.5. The zero-order chi connectivity index (χ0) is 17.6. The highest BCUT2D eigenvalue weighted by molar-refractivity contribution is 7.17. The number of carbonyl (C=O) groups excluding carboxylic acids is 1. The minimum atomic E-state index is -0.0454. The summed E-state index contributed by atoms with van der Waals surface area (Å²) in [4.78, 5) is 22.0. The maximum Gasteiger partial charge on any atom is 0.263 e. The first kappa shape index (κ1) is 17.8. The van der Waals surface area contributed by atoms with Crippen molar-refractivity contribution in [1.82, 2.24) is 15.2 Å². The van der Waals surface area contributed by atoms with Crippen molar-refractivity contribution >= 4 is 28.1 Å². The van der Waals surface area contributed by atoms with Crippen LogP contribution >= 0.6 is 11.3 Å². The Morgan fingerprint density at radius 1 is 1.32 bits per heavy atom. The Bertz CT molecular complexity index is 698. The molecule has 134 valence electrons. The van der Waals surface area contributed by atoms with Crippen molar-refractivity contribution in [2.24, 2.45) is 0 Å². The lowest BCUT2D eigenvalue weighted by atomic mass is 10.3. The fourth-order valence-electron chi connectivity index (χ4n) is 2.73. The summed E-state index contributed by atoms with van der Waals surface area (Å²) in [5, 5.41) is 3.83. The van der Waals surface area contributed by atoms with Crippen LogP contribution in [0.4, 0.5) is 10.8 Å². The standard InChI is InChI=1S/C18H24N4O2S/c1-14-16(17(23)19-8-9-22-10-12-24-13-11-22)25-18(20-14)21(2)15-6-4-3-5-7-15/h3-7H,8-13H2,1-2H3,(H,19,23). The first-order valence-corrected chi connectivity index (χ1v) is 9.31. The number of aromatic nitrogens is 1. The number of anilines is 2. The van der Waals surface area contributed by atoms with Crippen LogP contribution in [0.15, 0.2) is 30.3 Å². The second-order valence-corrected chi connectivity index (χ2v) is 6.99. The minimum Gasteiger partial charge on any atom is -0.379 e. The third kappa shape index (κ3) is 4.56. The number of hydrogen-bond donors (Lipinski definition) is 1. The monoisotopic (exact) mass is 360 g/mol. The molecule has 0 spiro atoms. The second-order valence-electron chi connectivity index (χ2n) is 6.02. The van der Waals surface area contributed by atoms with Gasteiger partial charge in [-0.05, 0) is 19.1 Å². The number of benzene rings is 1. The van der Waals surface area contributed by atoms with Gasteiger partial charge in [0.25, 0.3) is 5.91 Å². The van der Waals surface area contributed by atoms with Crippen molar-refractivity contribution in [2.45, 2.75) is 6.92 Å². The molecule has 1 fully saturated rings. The van der Waals surface area contributed by atoms with Gasteiger partial charge in [-0.3, -0.25) is 9.69 Å². The van der Waals surface area contributed by atoms with Gasteiger partial charge in [0.2, 0.25) is 0 Å². The molecule has 1 saturated heterocycles. The van der Waals surface area contributed by atoms with Crippen LogP contribution in [0, 0.1) is 6.92 Å². The predicted molar refractivity (Wildman–Crippen MR) is 101 cm³/mol. The van der Waals surface area contributed by atoms with Gasteiger partial charge >= 0.3 is 0 Å². The summed E-state index contributed by atoms with van der Waals surface area (Å²) in [5.74, 6) is -0.0454. The number of hydrogen-bond acceptors (Lipinski definition) is 6. The van der Waals surface area contributed by atoms with Gasteiger partial charge in [0, 0.05) is 38.9 Å². The third-order valence-electron chi connectivity index (χ3n) is 4.24. The Morgan fingerprint density at radius 3 is 2.76 bits per heavy atom. The van der Waals surface area contributed by atoms with E-state index in [1.54, 1.807) is 0 Å². The number of aryl methyl sites for hydroxylation is 1. The second kappa shape index (κ2) is 8.42. The summed E-state index contributed by atoms with van der Waals surface area (Å²) in [6, 6.07) is 10.0. The Kier molecular flexibility index (Phi) is 6.01. The molecule has 0 radical (unpaired) electrons. The van der Waals surface area contributed by atoms with Gasteiger partial charge in [0.1, 0.15) is 4.88 Å². The van der Waals surface area contributed by atoms with Crippen LogP contribution in [-0.2, 0) is 4.74 Å². The molecule has 6 nitrogen and oxygen atoms in total. The first-order valence-electron chi connectivity index (χ1n) is 8.49. The third-order valence-corrected chi connectivity index (χ3v) is 5.47. The van der Waals surface area contributed by atoms with Gasteiger partial charge in [-0.15, -0.1) is 0 Å². The fraction of sp³-hybridized carbons (Fsp3) is 0.444. The van der Waals surface area contributed by atoms with E-state index in [0.29, 0.717) is 11.4 Å². The topological polar surface area (TPSA) is 57.7 Å². The molecule has 1 N–H and O–H groups in total. The van der Waals surface area contributed by atoms with Crippen molar-refractivity contribution in [3.05, 3.63) is 40.9 Å². The van der Waals surface area contributed by atoms with Crippen LogP contribution in [0.2, 0.25) is 0 Å². The van der Waals surface area contributed by atoms with Gasteiger partial charge < -0.3 is 15.0 Å². The van der Waals surface area contributed by atoms with E-state index >= 15 is 0 Å². The van der Waals surface area contributed by atoms with Gasteiger partial charge in [-0.25, -0.2) is 4.98 Å². The summed E-state index contributed by atoms with van der Waals surface area (Å²) in [6.07, 6.45) is 0. The van der Waals surface area contributed by atoms with E-state index in [-0.39, 0.29) is 5.91 Å². The zero-order valence-corrected chi connectivity index (χ0v) is 15.5. The Morgan fingerprint density at radius 2 is 2.04 bits per heavy atom. The van der Waals surface area contributed by atoms with E-state index in [9.17, 15) is 4.79 Å². The van der Waals surface area contributed by atoms with Crippen LogP contribution in [0.5, 0.6) is 0 Å². The molecular formula is C18H24N4O2S. The van der Waals surface area contributed by atoms with E-state index in [2.05, 4.69) is 15.2 Å². The molecule has 1 amide bonds. The summed E-state index contributed by atoms with van der Waals surface area (Å²) >= 11 is 1.43. The number of amides is 1. The molecule has 2 heterocycles. The van der Waals surface area contributed by atoms with Crippen LogP contribution in [0.1, 0.15) is 15.4 Å². The lowest BCUT2D eigenvalue weighted by molar-refractivity contribution is 0.0383. The quantitative estimate of drug-likeness (QED) is 0.856. The number of nitrogens with zero attached hydrogens (tertiary/aromatic N) is 3. The average Bonchev–Trinajstić information content (AvgIpc) is 3.04. The van der Waals surface area contributed by atoms with Crippen molar-refractivity contribution in [3.63, 3.8) is 0 Å². The van der Waals surface area contributed by atoms with E-state index in [4.69, 9.17) is 4.74 Å². The smallest absolute Gasteiger partial charge is 0.263 e. The molecule has 0 bridgehead atoms. The molecule has 1 aromatic heterocycles. The number of ether oxygens (including phenoxy) is 1. The summed E-state index contributed by atoms with van der Waals surface area (Å²) in [5.41, 5.74) is 1.82. The van der Waals surface area contributed by atoms with Crippen molar-refractivity contribution in [1.29, 1.82) is 0 Å². The average molecular weight is 360 g/mol. The summed E-state index contributed by atoms with van der Waals surface area (Å²) in [6.45, 7) is 6.79. The van der Waals surface area contributed by atoms with Crippen LogP contribution in [-0.4, -0.2) is 62.2 Å². The van der Waals surface area contributed by atoms with E-state index in [1.165, 1.54) is 11.3 Å². The Balaban J connectivity index is 1.58. The summed E-state index contributed by atoms with van der Waals surface area (Å²) in [7, 11) is 1.97. The molecule has 1 aliphatic rings. The number of nitrogens with one attached hydrogen (secondary N) is 1. The van der Waals surface area contributed by atoms with Crippen molar-refractivity contribution in [2.75, 3.05) is 51.3 Å². The number of rotatable bonds is 6. The number of thiazole rings is 1. The Hall–Kier alpha value is -1.96. The molecule has 0 unspecified atom stereocenters. The lowest BCUT2D eigenvalue weighted by Gasteiger charge is -2.26. The number of para-hydroxylation sites is 1. The zero-order valence-electron chi connectivity index (χ0n) is 14.7. The van der Waals surface area contributed by atoms with E-state index in [1.807, 2.05) is 49.2 Å². The Labute approximate surface area is 152 Å². The normalized spacial score (nSPS) is 15.1. The molecule has 1 aromatic carbocycles. The van der Waals surface area contributed by atoms with Gasteiger partial charge in [-0.1, -0.05) is 29.5 Å². The SMILES string of the molecule is Cc1nc(N(C)c2ccccc2)sc1C(=O)NCCN1CCOCC1. The predicted octanol–water partition coefficient (Wildman–Crippen LogP) is 2.28. The van der Waals surface area contributed by atoms with E-state index < -0.39 is 0 Å². The highest BCUT2D eigenvalue weighted by Gasteiger charge is 2.18. The molecule has 3 rings (SSSR count). The molecule has 25 heavy (non-hydrogen) atoms. The molecule has 1 aliphatic heterocycles. The highest BCUT2D eigenvalue weighted by atomic mass is 32.1. The lowest BCUT2D eigenvalue weighted by Crippen LogP contribution is -2.41. The number of morpholine rings is 1. The van der Waals surface area contributed by atoms with E-state index in [0.717, 1.165) is 49.4 Å². The van der Waals surface area contributed by atoms with Gasteiger partial charge in [0.15, 0.2) is 5.13 Å². The number of carbonyl (C=O) groups is 1. The van der Waals surface area contributed by atoms with Gasteiger partial charge in [-0.2, -0.15) is 0 Å². The molecule has 0 aliphatic carbocycles. The largest absolute Gasteiger partial charge is 0.379 e. The maximum atomic E-state index is 12.5. The molecule has 0 atom stereocenters. The molecule has 2 aromatic rings. The summed E-state index contributed by atoms with van der Waals surface area (Å²) < 4.78 is 5.33.